The van der Waals surface area contributed by atoms with E-state index >= 15 is 0 Å². The second-order valence-corrected chi connectivity index (χ2v) is 11.7. The van der Waals surface area contributed by atoms with E-state index in [1.165, 1.54) is 30.3 Å². The summed E-state index contributed by atoms with van der Waals surface area (Å²) in [5.41, 5.74) is 3.61. The van der Waals surface area contributed by atoms with Crippen LogP contribution in [0.4, 0.5) is 14.5 Å². The summed E-state index contributed by atoms with van der Waals surface area (Å²) in [5.74, 6) is -1.87. The molecule has 3 aromatic carbocycles. The van der Waals surface area contributed by atoms with Crippen molar-refractivity contribution in [2.24, 2.45) is 0 Å². The molecule has 10 nitrogen and oxygen atoms in total. The van der Waals surface area contributed by atoms with Crippen molar-refractivity contribution in [1.82, 2.24) is 25.4 Å². The number of fused-ring (bicyclic) bond motifs is 1. The summed E-state index contributed by atoms with van der Waals surface area (Å²) in [7, 11) is -3.88. The largest absolute Gasteiger partial charge is 0.387 e. The maximum absolute atomic E-state index is 13.5. The number of rotatable bonds is 11. The monoisotopic (exact) mass is 616 g/mol. The quantitative estimate of drug-likeness (QED) is 0.145. The zero-order valence-electron chi connectivity index (χ0n) is 23.0. The number of anilines is 1. The van der Waals surface area contributed by atoms with E-state index in [2.05, 4.69) is 30.1 Å². The Kier molecular flexibility index (Phi) is 8.15. The SMILES string of the molecule is O=S(=O)(Nc1ccc(CCNCC(O)c2cnc3[nH]ccc3c2)cc1)c1ccc(-c2noc(-c3ccc(F)c(F)c3)n2)cc1. The molecule has 13 heteroatoms. The smallest absolute Gasteiger partial charge is 0.261 e. The lowest BCUT2D eigenvalue weighted by molar-refractivity contribution is 0.175. The number of H-pyrrole nitrogens is 1. The highest BCUT2D eigenvalue weighted by molar-refractivity contribution is 7.92. The van der Waals surface area contributed by atoms with Gasteiger partial charge in [0.1, 0.15) is 5.65 Å². The Morgan fingerprint density at radius 1 is 0.932 bits per heavy atom. The number of aromatic nitrogens is 4. The highest BCUT2D eigenvalue weighted by atomic mass is 32.2. The van der Waals surface area contributed by atoms with Crippen LogP contribution < -0.4 is 10.0 Å². The fraction of sp³-hybridized carbons (Fsp3) is 0.129. The lowest BCUT2D eigenvalue weighted by Gasteiger charge is -2.12. The molecule has 0 radical (unpaired) electrons. The number of aromatic amines is 1. The summed E-state index contributed by atoms with van der Waals surface area (Å²) < 4.78 is 60.4. The van der Waals surface area contributed by atoms with Gasteiger partial charge in [-0.1, -0.05) is 17.3 Å². The van der Waals surface area contributed by atoms with E-state index in [9.17, 15) is 22.3 Å². The molecule has 4 N–H and O–H groups in total. The van der Waals surface area contributed by atoms with Gasteiger partial charge in [-0.15, -0.1) is 0 Å². The van der Waals surface area contributed by atoms with E-state index in [0.717, 1.165) is 34.3 Å². The minimum Gasteiger partial charge on any atom is -0.387 e. The molecule has 0 saturated carbocycles. The van der Waals surface area contributed by atoms with Gasteiger partial charge < -0.3 is 19.9 Å². The predicted molar refractivity (Wildman–Crippen MR) is 160 cm³/mol. The van der Waals surface area contributed by atoms with E-state index in [4.69, 9.17) is 4.52 Å². The van der Waals surface area contributed by atoms with Crippen LogP contribution >= 0.6 is 0 Å². The zero-order valence-corrected chi connectivity index (χ0v) is 23.9. The van der Waals surface area contributed by atoms with Crippen molar-refractivity contribution < 1.29 is 26.8 Å². The van der Waals surface area contributed by atoms with E-state index in [-0.39, 0.29) is 22.2 Å². The average molecular weight is 617 g/mol. The van der Waals surface area contributed by atoms with Crippen LogP contribution in [0.2, 0.25) is 0 Å². The van der Waals surface area contributed by atoms with Crippen LogP contribution in [0.3, 0.4) is 0 Å². The highest BCUT2D eigenvalue weighted by Crippen LogP contribution is 2.25. The van der Waals surface area contributed by atoms with Crippen LogP contribution in [-0.4, -0.2) is 46.7 Å². The maximum atomic E-state index is 13.5. The lowest BCUT2D eigenvalue weighted by Crippen LogP contribution is -2.23. The van der Waals surface area contributed by atoms with Gasteiger partial charge in [-0.05, 0) is 85.3 Å². The summed E-state index contributed by atoms with van der Waals surface area (Å²) in [6.07, 6.45) is 3.46. The number of hydrogen-bond donors (Lipinski definition) is 4. The Morgan fingerprint density at radius 2 is 1.70 bits per heavy atom. The van der Waals surface area contributed by atoms with Crippen molar-refractivity contribution in [2.45, 2.75) is 17.4 Å². The molecule has 224 valence electrons. The Hall–Kier alpha value is -4.98. The van der Waals surface area contributed by atoms with Crippen molar-refractivity contribution in [3.8, 4) is 22.8 Å². The van der Waals surface area contributed by atoms with Crippen LogP contribution in [0.5, 0.6) is 0 Å². The molecule has 44 heavy (non-hydrogen) atoms. The fourth-order valence-corrected chi connectivity index (χ4v) is 5.61. The Morgan fingerprint density at radius 3 is 2.48 bits per heavy atom. The third kappa shape index (κ3) is 6.49. The third-order valence-electron chi connectivity index (χ3n) is 6.96. The van der Waals surface area contributed by atoms with E-state index in [0.29, 0.717) is 30.8 Å². The minimum atomic E-state index is -3.88. The first-order valence-electron chi connectivity index (χ1n) is 13.6. The summed E-state index contributed by atoms with van der Waals surface area (Å²) in [6.45, 7) is 0.993. The topological polar surface area (TPSA) is 146 Å². The second kappa shape index (κ2) is 12.3. The summed E-state index contributed by atoms with van der Waals surface area (Å²) in [5, 5.41) is 18.5. The van der Waals surface area contributed by atoms with Gasteiger partial charge in [-0.3, -0.25) is 4.72 Å². The Bertz CT molecular complexity index is 2010. The van der Waals surface area contributed by atoms with Crippen LogP contribution in [0, 0.1) is 11.6 Å². The molecule has 6 rings (SSSR count). The zero-order chi connectivity index (χ0) is 30.7. The number of sulfonamides is 1. The van der Waals surface area contributed by atoms with Crippen LogP contribution in [0.25, 0.3) is 33.9 Å². The maximum Gasteiger partial charge on any atom is 0.261 e. The molecule has 0 fully saturated rings. The van der Waals surface area contributed by atoms with Gasteiger partial charge in [0.05, 0.1) is 11.0 Å². The van der Waals surface area contributed by atoms with Crippen LogP contribution in [0.1, 0.15) is 17.2 Å². The molecule has 0 aliphatic carbocycles. The molecule has 6 aromatic rings. The highest BCUT2D eigenvalue weighted by Gasteiger charge is 2.17. The van der Waals surface area contributed by atoms with Crippen molar-refractivity contribution in [3.63, 3.8) is 0 Å². The summed E-state index contributed by atoms with van der Waals surface area (Å²) in [6, 6.07) is 20.0. The molecular weight excluding hydrogens is 590 g/mol. The van der Waals surface area contributed by atoms with Gasteiger partial charge in [0.25, 0.3) is 15.9 Å². The molecule has 0 spiro atoms. The lowest BCUT2D eigenvalue weighted by atomic mass is 10.1. The normalized spacial score (nSPS) is 12.4. The van der Waals surface area contributed by atoms with Gasteiger partial charge in [0.2, 0.25) is 5.82 Å². The number of hydrogen-bond acceptors (Lipinski definition) is 8. The molecule has 1 atom stereocenters. The second-order valence-electron chi connectivity index (χ2n) is 10.0. The first-order valence-corrected chi connectivity index (χ1v) is 15.1. The third-order valence-corrected chi connectivity index (χ3v) is 8.35. The van der Waals surface area contributed by atoms with E-state index < -0.39 is 27.8 Å². The number of aliphatic hydroxyl groups is 1. The summed E-state index contributed by atoms with van der Waals surface area (Å²) in [4.78, 5) is 11.6. The van der Waals surface area contributed by atoms with Gasteiger partial charge in [0, 0.05) is 46.7 Å². The van der Waals surface area contributed by atoms with Crippen LogP contribution in [-0.2, 0) is 16.4 Å². The standard InChI is InChI=1S/C31H26F2N6O4S/c32-26-10-5-22(16-27(26)33)31-37-30(38-43-31)20-3-8-25(9-4-20)44(41,42)39-24-6-1-19(2-7-24)11-13-34-18-28(40)23-15-21-12-14-35-29(21)36-17-23/h1-10,12,14-17,28,34,39-40H,11,13,18H2,(H,35,36). The molecule has 0 saturated heterocycles. The summed E-state index contributed by atoms with van der Waals surface area (Å²) >= 11 is 0. The van der Waals surface area contributed by atoms with Crippen molar-refractivity contribution in [2.75, 3.05) is 17.8 Å². The molecule has 0 amide bonds. The molecule has 3 aromatic heterocycles. The van der Waals surface area contributed by atoms with E-state index in [1.54, 1.807) is 24.5 Å². The first kappa shape index (κ1) is 29.1. The van der Waals surface area contributed by atoms with Crippen LogP contribution in [0.15, 0.2) is 101 Å². The Labute approximate surface area is 250 Å². The molecule has 1 unspecified atom stereocenters. The number of pyridine rings is 1. The van der Waals surface area contributed by atoms with Crippen molar-refractivity contribution >= 4 is 26.7 Å². The van der Waals surface area contributed by atoms with Gasteiger partial charge >= 0.3 is 0 Å². The van der Waals surface area contributed by atoms with Crippen molar-refractivity contribution in [3.05, 3.63) is 114 Å². The molecule has 0 aliphatic heterocycles. The minimum absolute atomic E-state index is 0.00254. The number of nitrogens with one attached hydrogen (secondary N) is 3. The number of aliphatic hydroxyl groups excluding tert-OH is 1. The van der Waals surface area contributed by atoms with Gasteiger partial charge in [0.15, 0.2) is 11.6 Å². The number of halogens is 2. The fourth-order valence-electron chi connectivity index (χ4n) is 4.55. The predicted octanol–water partition coefficient (Wildman–Crippen LogP) is 5.22. The van der Waals surface area contributed by atoms with Gasteiger partial charge in [-0.25, -0.2) is 22.2 Å². The molecule has 3 heterocycles. The van der Waals surface area contributed by atoms with Crippen molar-refractivity contribution in [1.29, 1.82) is 0 Å². The molecular formula is C31H26F2N6O4S. The van der Waals surface area contributed by atoms with E-state index in [1.807, 2.05) is 24.3 Å². The molecule has 0 aliphatic rings. The number of benzene rings is 3. The first-order chi connectivity index (χ1) is 21.2. The number of nitrogens with zero attached hydrogens (tertiary/aromatic N) is 3. The Balaban J connectivity index is 1.01. The molecule has 0 bridgehead atoms. The average Bonchev–Trinajstić information content (AvgIpc) is 3.71. The van der Waals surface area contributed by atoms with Gasteiger partial charge in [-0.2, -0.15) is 4.98 Å².